The summed E-state index contributed by atoms with van der Waals surface area (Å²) in [6, 6.07) is 8.74. The van der Waals surface area contributed by atoms with Gasteiger partial charge in [-0.1, -0.05) is 6.92 Å². The second kappa shape index (κ2) is 6.36. The number of amides is 1. The molecule has 2 atom stereocenters. The van der Waals surface area contributed by atoms with Crippen LogP contribution in [0.3, 0.4) is 0 Å². The zero-order chi connectivity index (χ0) is 18.4. The summed E-state index contributed by atoms with van der Waals surface area (Å²) >= 11 is 0. The molecule has 0 aliphatic carbocycles. The molecule has 0 radical (unpaired) electrons. The van der Waals surface area contributed by atoms with Gasteiger partial charge in [-0.2, -0.15) is 0 Å². The highest BCUT2D eigenvalue weighted by molar-refractivity contribution is 6.08. The molecule has 2 aromatic carbocycles. The maximum atomic E-state index is 13.7. The van der Waals surface area contributed by atoms with Crippen LogP contribution in [0.4, 0.5) is 8.78 Å². The molecule has 1 aromatic heterocycles. The van der Waals surface area contributed by atoms with Crippen LogP contribution in [0.1, 0.15) is 13.3 Å². The van der Waals surface area contributed by atoms with Gasteiger partial charge in [0.2, 0.25) is 5.91 Å². The minimum Gasteiger partial charge on any atom is -0.389 e. The monoisotopic (exact) mass is 358 g/mol. The Labute approximate surface area is 149 Å². The molecular formula is C20H20F2N2O2. The molecule has 1 fully saturated rings. The first-order valence-corrected chi connectivity index (χ1v) is 8.75. The second-order valence-electron chi connectivity index (χ2n) is 7.20. The van der Waals surface area contributed by atoms with E-state index in [1.807, 2.05) is 11.5 Å². The van der Waals surface area contributed by atoms with Crippen LogP contribution >= 0.6 is 0 Å². The Hall–Kier alpha value is -2.47. The molecule has 0 spiro atoms. The van der Waals surface area contributed by atoms with Gasteiger partial charge in [0.15, 0.2) is 0 Å². The number of β-amino-alcohol motifs (C(OH)–C–C–N with tert-alkyl or cyclic N) is 1. The van der Waals surface area contributed by atoms with E-state index in [4.69, 9.17) is 0 Å². The zero-order valence-electron chi connectivity index (χ0n) is 14.5. The summed E-state index contributed by atoms with van der Waals surface area (Å²) in [7, 11) is 0. The summed E-state index contributed by atoms with van der Waals surface area (Å²) in [5.74, 6) is -0.423. The molecule has 0 bridgehead atoms. The van der Waals surface area contributed by atoms with Crippen molar-refractivity contribution in [2.45, 2.75) is 26.0 Å². The van der Waals surface area contributed by atoms with Crippen molar-refractivity contribution in [2.75, 3.05) is 13.1 Å². The normalized spacial score (nSPS) is 19.0. The van der Waals surface area contributed by atoms with Gasteiger partial charge < -0.3 is 14.6 Å². The number of hydrogen-bond acceptors (Lipinski definition) is 2. The van der Waals surface area contributed by atoms with Crippen LogP contribution in [0.15, 0.2) is 36.4 Å². The van der Waals surface area contributed by atoms with Crippen molar-refractivity contribution < 1.29 is 18.7 Å². The van der Waals surface area contributed by atoms with Crippen LogP contribution in [0.2, 0.25) is 0 Å². The van der Waals surface area contributed by atoms with Gasteiger partial charge in [0, 0.05) is 41.3 Å². The molecule has 1 aliphatic rings. The number of carbonyl (C=O) groups is 1. The summed E-state index contributed by atoms with van der Waals surface area (Å²) in [5.41, 5.74) is 1.46. The average Bonchev–Trinajstić information content (AvgIpc) is 3.04. The molecule has 2 heterocycles. The third kappa shape index (κ3) is 2.94. The van der Waals surface area contributed by atoms with E-state index in [0.717, 1.165) is 11.0 Å². The number of halogens is 2. The van der Waals surface area contributed by atoms with E-state index in [0.29, 0.717) is 29.7 Å². The number of rotatable bonds is 4. The Balaban J connectivity index is 1.70. The zero-order valence-corrected chi connectivity index (χ0v) is 14.5. The number of nitrogens with zero attached hydrogens (tertiary/aromatic N) is 2. The molecular weight excluding hydrogens is 338 g/mol. The smallest absolute Gasteiger partial charge is 0.223 e. The summed E-state index contributed by atoms with van der Waals surface area (Å²) in [6.07, 6.45) is -0.251. The number of aliphatic hydroxyl groups excluding tert-OH is 1. The molecule has 26 heavy (non-hydrogen) atoms. The molecule has 1 N–H and O–H groups in total. The van der Waals surface area contributed by atoms with Gasteiger partial charge >= 0.3 is 0 Å². The quantitative estimate of drug-likeness (QED) is 0.778. The molecule has 136 valence electrons. The SMILES string of the molecule is CC1CC(=O)N(CC(O)Cn2c3ccc(F)cc3c3cc(F)ccc32)C1. The third-order valence-electron chi connectivity index (χ3n) is 5.02. The molecule has 4 rings (SSSR count). The molecule has 1 saturated heterocycles. The lowest BCUT2D eigenvalue weighted by atomic mass is 10.1. The first kappa shape index (κ1) is 17.0. The number of aromatic nitrogens is 1. The van der Waals surface area contributed by atoms with E-state index < -0.39 is 17.7 Å². The van der Waals surface area contributed by atoms with Gasteiger partial charge in [-0.15, -0.1) is 0 Å². The van der Waals surface area contributed by atoms with Crippen molar-refractivity contribution in [1.29, 1.82) is 0 Å². The van der Waals surface area contributed by atoms with Crippen molar-refractivity contribution in [3.63, 3.8) is 0 Å². The van der Waals surface area contributed by atoms with Gasteiger partial charge in [-0.05, 0) is 42.3 Å². The molecule has 2 unspecified atom stereocenters. The first-order chi connectivity index (χ1) is 12.4. The summed E-state index contributed by atoms with van der Waals surface area (Å²) in [6.45, 7) is 3.17. The van der Waals surface area contributed by atoms with Crippen LogP contribution in [0.5, 0.6) is 0 Å². The predicted molar refractivity (Wildman–Crippen MR) is 95.7 cm³/mol. The molecule has 1 amide bonds. The van der Waals surface area contributed by atoms with Gasteiger partial charge in [-0.3, -0.25) is 4.79 Å². The van der Waals surface area contributed by atoms with Crippen molar-refractivity contribution in [3.05, 3.63) is 48.0 Å². The second-order valence-corrected chi connectivity index (χ2v) is 7.20. The third-order valence-corrected chi connectivity index (χ3v) is 5.02. The molecule has 3 aromatic rings. The van der Waals surface area contributed by atoms with Crippen LogP contribution in [0, 0.1) is 17.6 Å². The van der Waals surface area contributed by atoms with E-state index in [-0.39, 0.29) is 19.0 Å². The van der Waals surface area contributed by atoms with Crippen LogP contribution in [-0.2, 0) is 11.3 Å². The molecule has 4 nitrogen and oxygen atoms in total. The summed E-state index contributed by atoms with van der Waals surface area (Å²) in [4.78, 5) is 13.6. The number of carbonyl (C=O) groups excluding carboxylic acids is 1. The number of aliphatic hydroxyl groups is 1. The predicted octanol–water partition coefficient (Wildman–Crippen LogP) is 3.30. The highest BCUT2D eigenvalue weighted by Crippen LogP contribution is 2.30. The van der Waals surface area contributed by atoms with Gasteiger partial charge in [0.05, 0.1) is 12.6 Å². The van der Waals surface area contributed by atoms with Crippen LogP contribution in [0.25, 0.3) is 21.8 Å². The van der Waals surface area contributed by atoms with Gasteiger partial charge in [0.1, 0.15) is 11.6 Å². The number of benzene rings is 2. The fourth-order valence-corrected chi connectivity index (χ4v) is 3.91. The number of fused-ring (bicyclic) bond motifs is 3. The van der Waals surface area contributed by atoms with Gasteiger partial charge in [-0.25, -0.2) is 8.78 Å². The van der Waals surface area contributed by atoms with Crippen molar-refractivity contribution in [1.82, 2.24) is 9.47 Å². The Morgan fingerprint density at radius 1 is 1.08 bits per heavy atom. The lowest BCUT2D eigenvalue weighted by molar-refractivity contribution is -0.129. The first-order valence-electron chi connectivity index (χ1n) is 8.75. The minimum absolute atomic E-state index is 0.0583. The van der Waals surface area contributed by atoms with E-state index in [9.17, 15) is 18.7 Å². The standard InChI is InChI=1S/C20H20F2N2O2/c1-12-6-20(26)23(9-12)10-15(25)11-24-18-4-2-13(21)7-16(18)17-8-14(22)3-5-19(17)24/h2-5,7-8,12,15,25H,6,9-11H2,1H3. The minimum atomic E-state index is -0.766. The van der Waals surface area contributed by atoms with Crippen LogP contribution in [-0.4, -0.2) is 39.7 Å². The van der Waals surface area contributed by atoms with Crippen molar-refractivity contribution >= 4 is 27.7 Å². The van der Waals surface area contributed by atoms with E-state index in [1.165, 1.54) is 24.3 Å². The summed E-state index contributed by atoms with van der Waals surface area (Å²) < 4.78 is 29.2. The Bertz CT molecular complexity index is 939. The average molecular weight is 358 g/mol. The maximum absolute atomic E-state index is 13.7. The lowest BCUT2D eigenvalue weighted by Crippen LogP contribution is -2.35. The van der Waals surface area contributed by atoms with E-state index in [2.05, 4.69) is 0 Å². The van der Waals surface area contributed by atoms with Crippen LogP contribution < -0.4 is 0 Å². The molecule has 1 aliphatic heterocycles. The molecule has 6 heteroatoms. The van der Waals surface area contributed by atoms with E-state index in [1.54, 1.807) is 17.0 Å². The topological polar surface area (TPSA) is 45.5 Å². The van der Waals surface area contributed by atoms with Crippen molar-refractivity contribution in [2.24, 2.45) is 5.92 Å². The number of likely N-dealkylation sites (tertiary alicyclic amines) is 1. The fourth-order valence-electron chi connectivity index (χ4n) is 3.91. The Morgan fingerprint density at radius 2 is 1.65 bits per heavy atom. The Morgan fingerprint density at radius 3 is 2.15 bits per heavy atom. The fraction of sp³-hybridized carbons (Fsp3) is 0.350. The van der Waals surface area contributed by atoms with Gasteiger partial charge in [0.25, 0.3) is 0 Å². The molecule has 0 saturated carbocycles. The lowest BCUT2D eigenvalue weighted by Gasteiger charge is -2.21. The van der Waals surface area contributed by atoms with E-state index >= 15 is 0 Å². The number of hydrogen-bond donors (Lipinski definition) is 1. The highest BCUT2D eigenvalue weighted by Gasteiger charge is 2.28. The Kier molecular flexibility index (Phi) is 4.15. The maximum Gasteiger partial charge on any atom is 0.223 e. The highest BCUT2D eigenvalue weighted by atomic mass is 19.1. The van der Waals surface area contributed by atoms with Crippen molar-refractivity contribution in [3.8, 4) is 0 Å². The summed E-state index contributed by atoms with van der Waals surface area (Å²) in [5, 5.41) is 11.8. The largest absolute Gasteiger partial charge is 0.389 e.